The van der Waals surface area contributed by atoms with Crippen molar-refractivity contribution in [3.05, 3.63) is 63.9 Å². The van der Waals surface area contributed by atoms with Gasteiger partial charge < -0.3 is 9.80 Å². The molecule has 0 saturated carbocycles. The van der Waals surface area contributed by atoms with Crippen LogP contribution in [0.25, 0.3) is 10.4 Å². The number of hydrogen-bond acceptors (Lipinski definition) is 5. The predicted molar refractivity (Wildman–Crippen MR) is 117 cm³/mol. The third-order valence-electron chi connectivity index (χ3n) is 5.79. The Morgan fingerprint density at radius 3 is 2.52 bits per heavy atom. The summed E-state index contributed by atoms with van der Waals surface area (Å²) in [6.07, 6.45) is 2.08. The van der Waals surface area contributed by atoms with Gasteiger partial charge in [-0.15, -0.1) is 11.3 Å². The van der Waals surface area contributed by atoms with E-state index in [9.17, 15) is 4.79 Å². The molecule has 0 radical (unpaired) electrons. The number of nitrogens with zero attached hydrogens (tertiary/aromatic N) is 4. The van der Waals surface area contributed by atoms with Crippen molar-refractivity contribution >= 4 is 23.1 Å². The van der Waals surface area contributed by atoms with Crippen LogP contribution in [-0.4, -0.2) is 47.0 Å². The molecule has 5 nitrogen and oxygen atoms in total. The number of hydrogen-bond donors (Lipinski definition) is 0. The first-order valence-corrected chi connectivity index (χ1v) is 11.0. The monoisotopic (exact) mass is 404 g/mol. The summed E-state index contributed by atoms with van der Waals surface area (Å²) in [6, 6.07) is 12.7. The summed E-state index contributed by atoms with van der Waals surface area (Å²) in [5.74, 6) is 1.92. The molecule has 1 aliphatic heterocycles. The Morgan fingerprint density at radius 1 is 0.966 bits per heavy atom. The van der Waals surface area contributed by atoms with Gasteiger partial charge in [0.05, 0.1) is 4.88 Å². The smallest absolute Gasteiger partial charge is 0.264 e. The zero-order valence-corrected chi connectivity index (χ0v) is 17.6. The van der Waals surface area contributed by atoms with Gasteiger partial charge in [0.1, 0.15) is 11.6 Å². The molecule has 148 valence electrons. The van der Waals surface area contributed by atoms with Crippen molar-refractivity contribution in [2.75, 3.05) is 31.1 Å². The number of thiophene rings is 1. The molecule has 5 rings (SSSR count). The van der Waals surface area contributed by atoms with Crippen molar-refractivity contribution in [2.45, 2.75) is 26.7 Å². The number of amides is 1. The molecule has 1 fully saturated rings. The number of carbonyl (C=O) groups excluding carboxylic acids is 1. The van der Waals surface area contributed by atoms with Crippen molar-refractivity contribution in [3.8, 4) is 10.4 Å². The van der Waals surface area contributed by atoms with Crippen LogP contribution in [0.4, 0.5) is 5.82 Å². The van der Waals surface area contributed by atoms with Crippen molar-refractivity contribution in [1.29, 1.82) is 0 Å². The van der Waals surface area contributed by atoms with Gasteiger partial charge in [-0.3, -0.25) is 4.79 Å². The van der Waals surface area contributed by atoms with Gasteiger partial charge in [-0.05, 0) is 49.4 Å². The van der Waals surface area contributed by atoms with Gasteiger partial charge in [-0.25, -0.2) is 9.97 Å². The van der Waals surface area contributed by atoms with Gasteiger partial charge in [0.25, 0.3) is 5.91 Å². The molecule has 0 spiro atoms. The number of anilines is 1. The van der Waals surface area contributed by atoms with Gasteiger partial charge in [-0.1, -0.05) is 24.3 Å². The van der Waals surface area contributed by atoms with Crippen LogP contribution >= 0.6 is 11.3 Å². The lowest BCUT2D eigenvalue weighted by Gasteiger charge is -2.35. The number of benzene rings is 1. The van der Waals surface area contributed by atoms with Crippen LogP contribution in [0.2, 0.25) is 0 Å². The maximum Gasteiger partial charge on any atom is 0.264 e. The molecule has 1 aliphatic carbocycles. The molecule has 2 aromatic heterocycles. The van der Waals surface area contributed by atoms with Crippen LogP contribution in [-0.2, 0) is 12.8 Å². The van der Waals surface area contributed by atoms with E-state index in [0.29, 0.717) is 0 Å². The molecule has 1 aromatic carbocycles. The van der Waals surface area contributed by atoms with E-state index in [4.69, 9.17) is 0 Å². The Hall–Kier alpha value is -2.73. The van der Waals surface area contributed by atoms with Gasteiger partial charge >= 0.3 is 0 Å². The molecule has 1 amide bonds. The highest BCUT2D eigenvalue weighted by atomic mass is 32.1. The Morgan fingerprint density at radius 2 is 1.72 bits per heavy atom. The minimum absolute atomic E-state index is 0.163. The van der Waals surface area contributed by atoms with Gasteiger partial charge in [-0.2, -0.15) is 0 Å². The lowest BCUT2D eigenvalue weighted by molar-refractivity contribution is 0.0751. The molecule has 2 aliphatic rings. The number of carbonyl (C=O) groups is 1. The summed E-state index contributed by atoms with van der Waals surface area (Å²) in [5, 5.41) is 0. The molecule has 29 heavy (non-hydrogen) atoms. The second kappa shape index (κ2) is 7.26. The minimum Gasteiger partial charge on any atom is -0.353 e. The summed E-state index contributed by atoms with van der Waals surface area (Å²) in [5.41, 5.74) is 5.00. The largest absolute Gasteiger partial charge is 0.353 e. The van der Waals surface area contributed by atoms with Gasteiger partial charge in [0.2, 0.25) is 0 Å². The fourth-order valence-corrected chi connectivity index (χ4v) is 5.57. The maximum absolute atomic E-state index is 13.2. The molecule has 0 unspecified atom stereocenters. The topological polar surface area (TPSA) is 49.3 Å². The third kappa shape index (κ3) is 3.42. The summed E-state index contributed by atoms with van der Waals surface area (Å²) >= 11 is 1.66. The van der Waals surface area contributed by atoms with E-state index in [1.54, 1.807) is 11.3 Å². The first-order chi connectivity index (χ1) is 14.1. The molecular weight excluding hydrogens is 380 g/mol. The third-order valence-corrected chi connectivity index (χ3v) is 6.99. The van der Waals surface area contributed by atoms with Crippen molar-refractivity contribution in [1.82, 2.24) is 14.9 Å². The van der Waals surface area contributed by atoms with E-state index in [0.717, 1.165) is 61.2 Å². The Labute approximate surface area is 175 Å². The quantitative estimate of drug-likeness (QED) is 0.650. The summed E-state index contributed by atoms with van der Waals surface area (Å²) in [4.78, 5) is 28.5. The summed E-state index contributed by atoms with van der Waals surface area (Å²) < 4.78 is 0. The van der Waals surface area contributed by atoms with E-state index in [1.807, 2.05) is 24.8 Å². The number of rotatable bonds is 2. The fourth-order valence-electron chi connectivity index (χ4n) is 4.33. The second-order valence-electron chi connectivity index (χ2n) is 7.82. The predicted octanol–water partition coefficient (Wildman–Crippen LogP) is 3.88. The summed E-state index contributed by atoms with van der Waals surface area (Å²) in [6.45, 7) is 6.97. The van der Waals surface area contributed by atoms with Crippen molar-refractivity contribution < 1.29 is 4.79 Å². The van der Waals surface area contributed by atoms with E-state index in [1.165, 1.54) is 21.6 Å². The zero-order chi connectivity index (χ0) is 20.0. The first-order valence-electron chi connectivity index (χ1n) is 10.2. The standard InChI is InChI=1S/C23H24N4OS/c1-15-13-21(25-16(2)24-15)26-9-11-27(12-10-26)23(28)20-14-18-8-7-17-5-3-4-6-19(17)22(18)29-20/h3-6,13-14H,7-12H2,1-2H3. The van der Waals surface area contributed by atoms with Crippen LogP contribution in [0.1, 0.15) is 32.3 Å². The van der Waals surface area contributed by atoms with Crippen molar-refractivity contribution in [3.63, 3.8) is 0 Å². The molecular formula is C23H24N4OS. The number of aryl methyl sites for hydroxylation is 4. The molecule has 0 atom stereocenters. The average Bonchev–Trinajstić information content (AvgIpc) is 3.17. The van der Waals surface area contributed by atoms with Crippen LogP contribution in [0.15, 0.2) is 36.4 Å². The Balaban J connectivity index is 1.31. The highest BCUT2D eigenvalue weighted by molar-refractivity contribution is 7.17. The molecule has 0 bridgehead atoms. The highest BCUT2D eigenvalue weighted by Crippen LogP contribution is 2.39. The second-order valence-corrected chi connectivity index (χ2v) is 8.87. The SMILES string of the molecule is Cc1cc(N2CCN(C(=O)c3cc4c(s3)-c3ccccc3CC4)CC2)nc(C)n1. The number of fused-ring (bicyclic) bond motifs is 3. The van der Waals surface area contributed by atoms with E-state index in [2.05, 4.69) is 45.2 Å². The van der Waals surface area contributed by atoms with Gasteiger partial charge in [0, 0.05) is 42.8 Å². The van der Waals surface area contributed by atoms with Crippen molar-refractivity contribution in [2.24, 2.45) is 0 Å². The van der Waals surface area contributed by atoms with E-state index >= 15 is 0 Å². The van der Waals surface area contributed by atoms with Crippen LogP contribution in [0.5, 0.6) is 0 Å². The van der Waals surface area contributed by atoms with E-state index in [-0.39, 0.29) is 5.91 Å². The molecule has 1 saturated heterocycles. The Kier molecular flexibility index (Phi) is 4.59. The summed E-state index contributed by atoms with van der Waals surface area (Å²) in [7, 11) is 0. The van der Waals surface area contributed by atoms with E-state index < -0.39 is 0 Å². The number of piperazine rings is 1. The minimum atomic E-state index is 0.163. The normalized spacial score (nSPS) is 15.8. The zero-order valence-electron chi connectivity index (χ0n) is 16.8. The van der Waals surface area contributed by atoms with Crippen LogP contribution in [0.3, 0.4) is 0 Å². The average molecular weight is 405 g/mol. The molecule has 3 heterocycles. The van der Waals surface area contributed by atoms with Gasteiger partial charge in [0.15, 0.2) is 0 Å². The maximum atomic E-state index is 13.2. The fraction of sp³-hybridized carbons (Fsp3) is 0.348. The lowest BCUT2D eigenvalue weighted by Crippen LogP contribution is -2.49. The Bertz CT molecular complexity index is 1060. The highest BCUT2D eigenvalue weighted by Gasteiger charge is 2.27. The molecule has 6 heteroatoms. The first kappa shape index (κ1) is 18.3. The number of aromatic nitrogens is 2. The lowest BCUT2D eigenvalue weighted by atomic mass is 9.91. The van der Waals surface area contributed by atoms with Crippen LogP contribution in [0, 0.1) is 13.8 Å². The molecule has 3 aromatic rings. The molecule has 0 N–H and O–H groups in total. The van der Waals surface area contributed by atoms with Crippen LogP contribution < -0.4 is 4.90 Å².